The molecule has 0 bridgehead atoms. The lowest BCUT2D eigenvalue weighted by Crippen LogP contribution is -2.06. The van der Waals surface area contributed by atoms with Gasteiger partial charge in [-0.05, 0) is 53.1 Å². The highest BCUT2D eigenvalue weighted by molar-refractivity contribution is 5.88. The van der Waals surface area contributed by atoms with E-state index in [1.165, 1.54) is 22.3 Å². The Bertz CT molecular complexity index is 751. The molecule has 0 unspecified atom stereocenters. The second-order valence-corrected chi connectivity index (χ2v) is 5.45. The number of phenols is 1. The summed E-state index contributed by atoms with van der Waals surface area (Å²) < 4.78 is 0. The maximum Gasteiger partial charge on any atom is 0.120 e. The van der Waals surface area contributed by atoms with Gasteiger partial charge < -0.3 is 5.11 Å². The molecule has 0 amide bonds. The van der Waals surface area contributed by atoms with Crippen molar-refractivity contribution in [3.05, 3.63) is 64.7 Å². The Morgan fingerprint density at radius 3 is 2.75 bits per heavy atom. The van der Waals surface area contributed by atoms with Crippen LogP contribution in [0.15, 0.2) is 42.5 Å². The third-order valence-electron chi connectivity index (χ3n) is 4.27. The molecule has 0 saturated heterocycles. The van der Waals surface area contributed by atoms with Crippen LogP contribution in [0.25, 0.3) is 23.3 Å². The van der Waals surface area contributed by atoms with E-state index in [9.17, 15) is 5.11 Å². The first-order valence-corrected chi connectivity index (χ1v) is 7.15. The van der Waals surface area contributed by atoms with E-state index in [0.29, 0.717) is 5.75 Å². The van der Waals surface area contributed by atoms with Crippen LogP contribution in [0.4, 0.5) is 0 Å². The van der Waals surface area contributed by atoms with Crippen molar-refractivity contribution < 1.29 is 5.11 Å². The first-order valence-electron chi connectivity index (χ1n) is 7.15. The van der Waals surface area contributed by atoms with Gasteiger partial charge in [0, 0.05) is 5.56 Å². The second kappa shape index (κ2) is 4.38. The van der Waals surface area contributed by atoms with E-state index < -0.39 is 0 Å². The summed E-state index contributed by atoms with van der Waals surface area (Å²) in [6.07, 6.45) is 11.5. The Balaban J connectivity index is 2.10. The predicted octanol–water partition coefficient (Wildman–Crippen LogP) is 4.59. The van der Waals surface area contributed by atoms with E-state index in [1.807, 2.05) is 6.07 Å². The summed E-state index contributed by atoms with van der Waals surface area (Å²) in [5.74, 6) is 0.438. The number of fused-ring (bicyclic) bond motifs is 5. The van der Waals surface area contributed by atoms with Gasteiger partial charge in [0.15, 0.2) is 0 Å². The molecule has 20 heavy (non-hydrogen) atoms. The lowest BCUT2D eigenvalue weighted by Gasteiger charge is -2.24. The van der Waals surface area contributed by atoms with Crippen molar-refractivity contribution in [1.82, 2.24) is 0 Å². The number of hydrogen-bond acceptors (Lipinski definition) is 1. The maximum absolute atomic E-state index is 10.4. The number of phenolic OH excluding ortho intramolecular Hbond substituents is 1. The molecule has 98 valence electrons. The zero-order valence-electron chi connectivity index (χ0n) is 11.3. The molecule has 0 radical (unpaired) electrons. The molecule has 2 aromatic rings. The third-order valence-corrected chi connectivity index (χ3v) is 4.27. The van der Waals surface area contributed by atoms with E-state index in [2.05, 4.69) is 48.6 Å². The van der Waals surface area contributed by atoms with Gasteiger partial charge in [0.1, 0.15) is 5.75 Å². The predicted molar refractivity (Wildman–Crippen MR) is 83.6 cm³/mol. The van der Waals surface area contributed by atoms with Crippen molar-refractivity contribution in [2.45, 2.75) is 19.3 Å². The monoisotopic (exact) mass is 260 g/mol. The molecule has 1 N–H and O–H groups in total. The van der Waals surface area contributed by atoms with Crippen LogP contribution in [0, 0.1) is 0 Å². The highest BCUT2D eigenvalue weighted by Crippen LogP contribution is 2.43. The quantitative estimate of drug-likeness (QED) is 0.734. The Morgan fingerprint density at radius 1 is 0.950 bits per heavy atom. The molecule has 0 aliphatic heterocycles. The van der Waals surface area contributed by atoms with Crippen LogP contribution in [0.2, 0.25) is 0 Å². The highest BCUT2D eigenvalue weighted by Gasteiger charge is 2.22. The summed E-state index contributed by atoms with van der Waals surface area (Å²) in [7, 11) is 0. The number of hydrogen-bond donors (Lipinski definition) is 1. The molecule has 1 nitrogen and oxygen atoms in total. The number of rotatable bonds is 0. The molecule has 0 atom stereocenters. The van der Waals surface area contributed by atoms with E-state index in [-0.39, 0.29) is 0 Å². The van der Waals surface area contributed by atoms with Crippen LogP contribution in [0.5, 0.6) is 5.75 Å². The zero-order chi connectivity index (χ0) is 13.5. The molecule has 2 aromatic carbocycles. The number of aromatic hydroxyl groups is 1. The normalized spacial score (nSPS) is 15.2. The average molecular weight is 260 g/mol. The van der Waals surface area contributed by atoms with Crippen LogP contribution in [0.3, 0.4) is 0 Å². The fourth-order valence-electron chi connectivity index (χ4n) is 3.33. The van der Waals surface area contributed by atoms with Gasteiger partial charge >= 0.3 is 0 Å². The number of allylic oxidation sites excluding steroid dienone is 2. The fraction of sp³-hybridized carbons (Fsp3) is 0.158. The molecule has 4 rings (SSSR count). The van der Waals surface area contributed by atoms with E-state index in [1.54, 1.807) is 0 Å². The molecule has 1 heteroatoms. The topological polar surface area (TPSA) is 20.2 Å². The van der Waals surface area contributed by atoms with Crippen molar-refractivity contribution in [3.8, 4) is 16.9 Å². The second-order valence-electron chi connectivity index (χ2n) is 5.45. The van der Waals surface area contributed by atoms with Crippen LogP contribution >= 0.6 is 0 Å². The van der Waals surface area contributed by atoms with Gasteiger partial charge in [-0.15, -0.1) is 0 Å². The van der Waals surface area contributed by atoms with Gasteiger partial charge in [0.05, 0.1) is 0 Å². The first-order chi connectivity index (χ1) is 9.84. The summed E-state index contributed by atoms with van der Waals surface area (Å²) in [6, 6.07) is 10.5. The van der Waals surface area contributed by atoms with E-state index >= 15 is 0 Å². The van der Waals surface area contributed by atoms with Crippen LogP contribution < -0.4 is 0 Å². The molecular formula is C19H16O. The van der Waals surface area contributed by atoms with Crippen molar-refractivity contribution in [2.75, 3.05) is 0 Å². The molecule has 2 aliphatic carbocycles. The maximum atomic E-state index is 10.4. The molecule has 0 aromatic heterocycles. The lowest BCUT2D eigenvalue weighted by atomic mass is 9.81. The lowest BCUT2D eigenvalue weighted by molar-refractivity contribution is 0.467. The summed E-state index contributed by atoms with van der Waals surface area (Å²) >= 11 is 0. The Morgan fingerprint density at radius 2 is 1.80 bits per heavy atom. The fourth-order valence-corrected chi connectivity index (χ4v) is 3.33. The molecule has 0 fully saturated rings. The van der Waals surface area contributed by atoms with Crippen LogP contribution in [-0.4, -0.2) is 5.11 Å². The molecule has 0 saturated carbocycles. The van der Waals surface area contributed by atoms with Gasteiger partial charge in [0.2, 0.25) is 0 Å². The SMILES string of the molecule is Oc1cc2c(c3c1CCc1ccccc1-3)C=CCC=C2. The van der Waals surface area contributed by atoms with E-state index in [0.717, 1.165) is 30.4 Å². The minimum absolute atomic E-state index is 0.438. The van der Waals surface area contributed by atoms with Gasteiger partial charge in [-0.2, -0.15) is 0 Å². The molecule has 2 aliphatic rings. The van der Waals surface area contributed by atoms with Crippen molar-refractivity contribution in [1.29, 1.82) is 0 Å². The summed E-state index contributed by atoms with van der Waals surface area (Å²) in [6.45, 7) is 0. The minimum atomic E-state index is 0.438. The molecule has 0 spiro atoms. The Hall–Kier alpha value is -2.28. The first kappa shape index (κ1) is 11.5. The standard InChI is InChI=1S/C19H16O/c20-18-12-14-7-2-1-3-8-16(14)19-15-9-5-4-6-13(15)10-11-17(18)19/h2-9,12,20H,1,10-11H2. The Labute approximate surface area is 118 Å². The van der Waals surface area contributed by atoms with Gasteiger partial charge in [-0.1, -0.05) is 48.6 Å². The van der Waals surface area contributed by atoms with E-state index in [4.69, 9.17) is 0 Å². The summed E-state index contributed by atoms with van der Waals surface area (Å²) in [5, 5.41) is 10.4. The van der Waals surface area contributed by atoms with Crippen molar-refractivity contribution in [2.24, 2.45) is 0 Å². The molecular weight excluding hydrogens is 244 g/mol. The zero-order valence-corrected chi connectivity index (χ0v) is 11.3. The third kappa shape index (κ3) is 1.63. The number of aryl methyl sites for hydroxylation is 1. The highest BCUT2D eigenvalue weighted by atomic mass is 16.3. The van der Waals surface area contributed by atoms with Crippen molar-refractivity contribution in [3.63, 3.8) is 0 Å². The summed E-state index contributed by atoms with van der Waals surface area (Å²) in [5.41, 5.74) is 7.35. The van der Waals surface area contributed by atoms with Crippen LogP contribution in [-0.2, 0) is 12.8 Å². The van der Waals surface area contributed by atoms with Gasteiger partial charge in [0.25, 0.3) is 0 Å². The van der Waals surface area contributed by atoms with Gasteiger partial charge in [-0.25, -0.2) is 0 Å². The van der Waals surface area contributed by atoms with Gasteiger partial charge in [-0.3, -0.25) is 0 Å². The largest absolute Gasteiger partial charge is 0.508 e. The van der Waals surface area contributed by atoms with Crippen molar-refractivity contribution >= 4 is 12.2 Å². The van der Waals surface area contributed by atoms with Crippen LogP contribution in [0.1, 0.15) is 28.7 Å². The summed E-state index contributed by atoms with van der Waals surface area (Å²) in [4.78, 5) is 0. The smallest absolute Gasteiger partial charge is 0.120 e. The Kier molecular flexibility index (Phi) is 2.53. The average Bonchev–Trinajstić information content (AvgIpc) is 2.72. The molecule has 0 heterocycles. The minimum Gasteiger partial charge on any atom is -0.508 e. The number of benzene rings is 2.